The van der Waals surface area contributed by atoms with Gasteiger partial charge < -0.3 is 14.6 Å². The predicted octanol–water partition coefficient (Wildman–Crippen LogP) is 6.54. The van der Waals surface area contributed by atoms with E-state index in [0.717, 1.165) is 19.3 Å². The fourth-order valence-electron chi connectivity index (χ4n) is 4.16. The zero-order valence-corrected chi connectivity index (χ0v) is 20.4. The number of aldehydes is 1. The minimum Gasteiger partial charge on any atom is -0.378 e. The van der Waals surface area contributed by atoms with Gasteiger partial charge in [-0.15, -0.1) is 0 Å². The Hall–Kier alpha value is -2.55. The van der Waals surface area contributed by atoms with Crippen molar-refractivity contribution in [2.75, 3.05) is 38.0 Å². The molecule has 0 radical (unpaired) electrons. The summed E-state index contributed by atoms with van der Waals surface area (Å²) in [6, 6.07) is 17.3. The highest BCUT2D eigenvalue weighted by atomic mass is 16.1. The van der Waals surface area contributed by atoms with Crippen molar-refractivity contribution >= 4 is 17.7 Å². The predicted molar refractivity (Wildman–Crippen MR) is 135 cm³/mol. The van der Waals surface area contributed by atoms with Gasteiger partial charge in [-0.25, -0.2) is 0 Å². The smallest absolute Gasteiger partial charge is 0.124 e. The molecule has 0 aliphatic carbocycles. The van der Waals surface area contributed by atoms with Crippen LogP contribution in [0.2, 0.25) is 0 Å². The van der Waals surface area contributed by atoms with Crippen molar-refractivity contribution in [2.45, 2.75) is 46.0 Å². The molecular formula is C28H40N2O. The Morgan fingerprint density at radius 2 is 1.29 bits per heavy atom. The van der Waals surface area contributed by atoms with Crippen molar-refractivity contribution in [3.63, 3.8) is 0 Å². The molecule has 0 aliphatic heterocycles. The van der Waals surface area contributed by atoms with Gasteiger partial charge in [0.25, 0.3) is 0 Å². The second-order valence-electron chi connectivity index (χ2n) is 9.45. The first kappa shape index (κ1) is 24.7. The molecule has 1 unspecified atom stereocenters. The minimum absolute atomic E-state index is 0.0443. The highest BCUT2D eigenvalue weighted by Crippen LogP contribution is 2.37. The number of anilines is 2. The first-order valence-electron chi connectivity index (χ1n) is 11.4. The van der Waals surface area contributed by atoms with E-state index < -0.39 is 0 Å². The standard InChI is InChI=1S/C28H40N2O/c1-21(2)9-8-10-22(3)19-25(20-31)28(23-11-15-26(16-12-23)29(4)5)24-13-17-27(18-14-24)30(6)7/h9,11-18,20,22,25,28H,8,10,19H2,1-7H3/t22-,25?/m1/s1. The third-order valence-electron chi connectivity index (χ3n) is 6.03. The van der Waals surface area contributed by atoms with Gasteiger partial charge in [-0.3, -0.25) is 0 Å². The molecule has 0 amide bonds. The second kappa shape index (κ2) is 11.7. The first-order valence-corrected chi connectivity index (χ1v) is 11.4. The summed E-state index contributed by atoms with van der Waals surface area (Å²) in [6.07, 6.45) is 6.57. The fraction of sp³-hybridized carbons (Fsp3) is 0.464. The van der Waals surface area contributed by atoms with Gasteiger partial charge in [-0.05, 0) is 74.4 Å². The van der Waals surface area contributed by atoms with Crippen LogP contribution < -0.4 is 9.80 Å². The maximum Gasteiger partial charge on any atom is 0.124 e. The van der Waals surface area contributed by atoms with Gasteiger partial charge in [0.2, 0.25) is 0 Å². The molecule has 0 heterocycles. The number of hydrogen-bond acceptors (Lipinski definition) is 3. The van der Waals surface area contributed by atoms with E-state index in [4.69, 9.17) is 0 Å². The third-order valence-corrected chi connectivity index (χ3v) is 6.03. The Morgan fingerprint density at radius 3 is 1.65 bits per heavy atom. The van der Waals surface area contributed by atoms with E-state index in [1.54, 1.807) is 0 Å². The highest BCUT2D eigenvalue weighted by molar-refractivity contribution is 5.60. The third kappa shape index (κ3) is 7.27. The Morgan fingerprint density at radius 1 is 0.839 bits per heavy atom. The van der Waals surface area contributed by atoms with Crippen LogP contribution in [-0.4, -0.2) is 34.5 Å². The molecule has 31 heavy (non-hydrogen) atoms. The number of rotatable bonds is 11. The molecule has 0 aliphatic rings. The van der Waals surface area contributed by atoms with Crippen LogP contribution in [0, 0.1) is 11.8 Å². The lowest BCUT2D eigenvalue weighted by Crippen LogP contribution is -2.19. The summed E-state index contributed by atoms with van der Waals surface area (Å²) in [7, 11) is 8.20. The van der Waals surface area contributed by atoms with E-state index in [1.165, 1.54) is 34.4 Å². The molecule has 0 aromatic heterocycles. The molecule has 0 saturated carbocycles. The summed E-state index contributed by atoms with van der Waals surface area (Å²) in [4.78, 5) is 16.5. The maximum absolute atomic E-state index is 12.3. The lowest BCUT2D eigenvalue weighted by molar-refractivity contribution is -0.111. The van der Waals surface area contributed by atoms with E-state index >= 15 is 0 Å². The Bertz CT molecular complexity index is 779. The zero-order chi connectivity index (χ0) is 23.0. The molecule has 2 rings (SSSR count). The first-order chi connectivity index (χ1) is 14.7. The molecule has 0 bridgehead atoms. The molecule has 2 aromatic rings. The van der Waals surface area contributed by atoms with Gasteiger partial charge in [-0.2, -0.15) is 0 Å². The average molecular weight is 421 g/mol. The van der Waals surface area contributed by atoms with Gasteiger partial charge in [-0.1, -0.05) is 42.8 Å². The fourth-order valence-corrected chi connectivity index (χ4v) is 4.16. The van der Waals surface area contributed by atoms with Crippen molar-refractivity contribution in [2.24, 2.45) is 11.8 Å². The normalized spacial score (nSPS) is 12.9. The van der Waals surface area contributed by atoms with Crippen LogP contribution in [0.15, 0.2) is 60.2 Å². The van der Waals surface area contributed by atoms with Gasteiger partial charge >= 0.3 is 0 Å². The number of nitrogens with zero attached hydrogens (tertiary/aromatic N) is 2. The molecule has 0 N–H and O–H groups in total. The molecule has 2 aromatic carbocycles. The topological polar surface area (TPSA) is 23.6 Å². The van der Waals surface area contributed by atoms with E-state index in [-0.39, 0.29) is 11.8 Å². The van der Waals surface area contributed by atoms with E-state index in [1.807, 2.05) is 0 Å². The average Bonchev–Trinajstić information content (AvgIpc) is 2.73. The van der Waals surface area contributed by atoms with Crippen LogP contribution in [0.3, 0.4) is 0 Å². The summed E-state index contributed by atoms with van der Waals surface area (Å²) < 4.78 is 0. The molecule has 0 fully saturated rings. The molecule has 0 saturated heterocycles. The van der Waals surface area contributed by atoms with Gasteiger partial charge in [0.05, 0.1) is 0 Å². The van der Waals surface area contributed by atoms with Crippen molar-refractivity contribution in [3.05, 3.63) is 71.3 Å². The Balaban J connectivity index is 2.34. The SMILES string of the molecule is CC(C)=CCC[C@@H](C)CC(C=O)C(c1ccc(N(C)C)cc1)c1ccc(N(C)C)cc1. The van der Waals surface area contributed by atoms with Crippen molar-refractivity contribution in [3.8, 4) is 0 Å². The molecule has 0 spiro atoms. The lowest BCUT2D eigenvalue weighted by Gasteiger charge is -2.27. The molecular weight excluding hydrogens is 380 g/mol. The Kier molecular flexibility index (Phi) is 9.36. The van der Waals surface area contributed by atoms with E-state index in [0.29, 0.717) is 5.92 Å². The maximum atomic E-state index is 12.3. The van der Waals surface area contributed by atoms with Crippen LogP contribution in [0.5, 0.6) is 0 Å². The van der Waals surface area contributed by atoms with Gasteiger partial charge in [0.15, 0.2) is 0 Å². The summed E-state index contributed by atoms with van der Waals surface area (Å²) >= 11 is 0. The summed E-state index contributed by atoms with van der Waals surface area (Å²) in [6.45, 7) is 6.56. The largest absolute Gasteiger partial charge is 0.378 e. The molecule has 3 heteroatoms. The van der Waals surface area contributed by atoms with Crippen LogP contribution in [-0.2, 0) is 4.79 Å². The number of allylic oxidation sites excluding steroid dienone is 2. The molecule has 168 valence electrons. The molecule has 3 nitrogen and oxygen atoms in total. The number of carbonyl (C=O) groups is 1. The van der Waals surface area contributed by atoms with Crippen LogP contribution >= 0.6 is 0 Å². The van der Waals surface area contributed by atoms with E-state index in [2.05, 4.69) is 113 Å². The number of benzene rings is 2. The lowest BCUT2D eigenvalue weighted by atomic mass is 9.77. The van der Waals surface area contributed by atoms with E-state index in [9.17, 15) is 4.79 Å². The summed E-state index contributed by atoms with van der Waals surface area (Å²) in [5.74, 6) is 0.517. The summed E-state index contributed by atoms with van der Waals surface area (Å²) in [5, 5.41) is 0. The number of hydrogen-bond donors (Lipinski definition) is 0. The van der Waals surface area contributed by atoms with Gasteiger partial charge in [0.1, 0.15) is 6.29 Å². The summed E-state index contributed by atoms with van der Waals surface area (Å²) in [5.41, 5.74) is 6.11. The quantitative estimate of drug-likeness (QED) is 0.305. The monoisotopic (exact) mass is 420 g/mol. The zero-order valence-electron chi connectivity index (χ0n) is 20.4. The van der Waals surface area contributed by atoms with Crippen molar-refractivity contribution in [1.82, 2.24) is 0 Å². The van der Waals surface area contributed by atoms with Crippen molar-refractivity contribution < 1.29 is 4.79 Å². The van der Waals surface area contributed by atoms with Crippen LogP contribution in [0.4, 0.5) is 11.4 Å². The van der Waals surface area contributed by atoms with Crippen LogP contribution in [0.25, 0.3) is 0 Å². The number of carbonyl (C=O) groups excluding carboxylic acids is 1. The van der Waals surface area contributed by atoms with Crippen molar-refractivity contribution in [1.29, 1.82) is 0 Å². The molecule has 2 atom stereocenters. The van der Waals surface area contributed by atoms with Crippen LogP contribution in [0.1, 0.15) is 57.1 Å². The highest BCUT2D eigenvalue weighted by Gasteiger charge is 2.26. The van der Waals surface area contributed by atoms with Gasteiger partial charge in [0, 0.05) is 51.4 Å². The second-order valence-corrected chi connectivity index (χ2v) is 9.45. The Labute approximate surface area is 189 Å². The minimum atomic E-state index is -0.0443.